The van der Waals surface area contributed by atoms with E-state index in [2.05, 4.69) is 15.5 Å². The number of imidazole rings is 1. The first-order chi connectivity index (χ1) is 15.3. The minimum Gasteiger partial charge on any atom is -0.379 e. The first-order valence-corrected chi connectivity index (χ1v) is 11.9. The Balaban J connectivity index is 1.44. The lowest BCUT2D eigenvalue weighted by atomic mass is 10.2. The van der Waals surface area contributed by atoms with Gasteiger partial charge in [-0.2, -0.15) is 4.31 Å². The summed E-state index contributed by atoms with van der Waals surface area (Å²) in [7, 11) is -1.73. The second kappa shape index (κ2) is 9.00. The third-order valence-corrected chi connectivity index (χ3v) is 7.67. The van der Waals surface area contributed by atoms with Gasteiger partial charge < -0.3 is 19.1 Å². The molecule has 2 aromatic heterocycles. The SMILES string of the molecule is Cc1noc(C)c1CNC(=O)CCc1nc2cc(S(=O)(=O)N3CCOCC3)ccc2n1C. The topological polar surface area (TPSA) is 120 Å². The maximum Gasteiger partial charge on any atom is 0.243 e. The van der Waals surface area contributed by atoms with Gasteiger partial charge in [0.25, 0.3) is 0 Å². The number of rotatable bonds is 7. The minimum absolute atomic E-state index is 0.104. The summed E-state index contributed by atoms with van der Waals surface area (Å²) in [6, 6.07) is 4.97. The molecule has 11 heteroatoms. The fraction of sp³-hybridized carbons (Fsp3) is 0.476. The van der Waals surface area contributed by atoms with Crippen molar-refractivity contribution in [3.05, 3.63) is 41.0 Å². The molecule has 1 N–H and O–H groups in total. The number of carbonyl (C=O) groups is 1. The number of hydrogen-bond donors (Lipinski definition) is 1. The summed E-state index contributed by atoms with van der Waals surface area (Å²) >= 11 is 0. The van der Waals surface area contributed by atoms with Crippen molar-refractivity contribution in [1.29, 1.82) is 0 Å². The predicted molar refractivity (Wildman–Crippen MR) is 116 cm³/mol. The Morgan fingerprint density at radius 2 is 1.97 bits per heavy atom. The van der Waals surface area contributed by atoms with Crippen LogP contribution in [0.25, 0.3) is 11.0 Å². The molecular weight excluding hydrogens is 434 g/mol. The maximum atomic E-state index is 12.9. The van der Waals surface area contributed by atoms with Gasteiger partial charge in [0.15, 0.2) is 0 Å². The van der Waals surface area contributed by atoms with Crippen LogP contribution in [-0.2, 0) is 39.6 Å². The number of nitrogens with one attached hydrogen (secondary N) is 1. The van der Waals surface area contributed by atoms with Gasteiger partial charge >= 0.3 is 0 Å². The van der Waals surface area contributed by atoms with Gasteiger partial charge in [-0.05, 0) is 32.0 Å². The molecule has 32 heavy (non-hydrogen) atoms. The zero-order valence-electron chi connectivity index (χ0n) is 18.4. The summed E-state index contributed by atoms with van der Waals surface area (Å²) in [4.78, 5) is 17.1. The number of morpholine rings is 1. The number of benzene rings is 1. The molecule has 3 heterocycles. The van der Waals surface area contributed by atoms with Gasteiger partial charge in [-0.1, -0.05) is 5.16 Å². The predicted octanol–water partition coefficient (Wildman–Crippen LogP) is 1.45. The van der Waals surface area contributed by atoms with Crippen molar-refractivity contribution in [2.24, 2.45) is 7.05 Å². The van der Waals surface area contributed by atoms with Crippen LogP contribution in [0.1, 0.15) is 29.3 Å². The molecule has 1 fully saturated rings. The molecule has 1 aliphatic rings. The Kier molecular flexibility index (Phi) is 6.31. The summed E-state index contributed by atoms with van der Waals surface area (Å²) in [6.45, 7) is 5.50. The molecule has 1 aliphatic heterocycles. The van der Waals surface area contributed by atoms with Gasteiger partial charge in [-0.3, -0.25) is 4.79 Å². The third-order valence-electron chi connectivity index (χ3n) is 5.77. The van der Waals surface area contributed by atoms with Crippen molar-refractivity contribution in [3.63, 3.8) is 0 Å². The van der Waals surface area contributed by atoms with E-state index in [1.807, 2.05) is 25.5 Å². The largest absolute Gasteiger partial charge is 0.379 e. The van der Waals surface area contributed by atoms with Gasteiger partial charge in [-0.15, -0.1) is 0 Å². The third kappa shape index (κ3) is 4.41. The number of aromatic nitrogens is 3. The Morgan fingerprint density at radius 3 is 2.66 bits per heavy atom. The molecule has 10 nitrogen and oxygen atoms in total. The van der Waals surface area contributed by atoms with Crippen LogP contribution in [0, 0.1) is 13.8 Å². The molecule has 0 spiro atoms. The summed E-state index contributed by atoms with van der Waals surface area (Å²) in [6.07, 6.45) is 0.698. The number of ether oxygens (including phenoxy) is 1. The molecule has 3 aromatic rings. The standard InChI is InChI=1S/C21H27N5O5S/c1-14-17(15(2)31-24-14)13-22-21(27)7-6-20-23-18-12-16(4-5-19(18)25(20)3)32(28,29)26-8-10-30-11-9-26/h4-5,12H,6-11,13H2,1-3H3,(H,22,27). The monoisotopic (exact) mass is 461 g/mol. The number of aryl methyl sites for hydroxylation is 4. The molecular formula is C21H27N5O5S. The Morgan fingerprint density at radius 1 is 1.22 bits per heavy atom. The molecule has 0 saturated carbocycles. The molecule has 0 aliphatic carbocycles. The van der Waals surface area contributed by atoms with E-state index in [0.717, 1.165) is 16.8 Å². The summed E-state index contributed by atoms with van der Waals surface area (Å²) in [5, 5.41) is 6.77. The molecule has 1 saturated heterocycles. The van der Waals surface area contributed by atoms with E-state index in [9.17, 15) is 13.2 Å². The van der Waals surface area contributed by atoms with Crippen LogP contribution in [0.3, 0.4) is 0 Å². The highest BCUT2D eigenvalue weighted by atomic mass is 32.2. The first-order valence-electron chi connectivity index (χ1n) is 10.5. The Hall–Kier alpha value is -2.76. The number of carbonyl (C=O) groups excluding carboxylic acids is 1. The second-order valence-electron chi connectivity index (χ2n) is 7.83. The van der Waals surface area contributed by atoms with Crippen LogP contribution in [0.4, 0.5) is 0 Å². The van der Waals surface area contributed by atoms with Gasteiger partial charge in [0.1, 0.15) is 11.6 Å². The normalized spacial score (nSPS) is 15.3. The van der Waals surface area contributed by atoms with E-state index < -0.39 is 10.0 Å². The lowest BCUT2D eigenvalue weighted by molar-refractivity contribution is -0.121. The van der Waals surface area contributed by atoms with Gasteiger partial charge in [-0.25, -0.2) is 13.4 Å². The second-order valence-corrected chi connectivity index (χ2v) is 9.77. The highest BCUT2D eigenvalue weighted by molar-refractivity contribution is 7.89. The van der Waals surface area contributed by atoms with Crippen molar-refractivity contribution < 1.29 is 22.5 Å². The number of sulfonamides is 1. The van der Waals surface area contributed by atoms with E-state index in [0.29, 0.717) is 56.4 Å². The zero-order valence-corrected chi connectivity index (χ0v) is 19.2. The quantitative estimate of drug-likeness (QED) is 0.565. The number of fused-ring (bicyclic) bond motifs is 1. The Labute approximate surface area is 186 Å². The van der Waals surface area contributed by atoms with Crippen LogP contribution >= 0.6 is 0 Å². The van der Waals surface area contributed by atoms with Crippen molar-refractivity contribution in [2.45, 2.75) is 38.1 Å². The molecule has 0 unspecified atom stereocenters. The highest BCUT2D eigenvalue weighted by Crippen LogP contribution is 2.23. The molecule has 0 atom stereocenters. The van der Waals surface area contributed by atoms with E-state index in [-0.39, 0.29) is 17.2 Å². The molecule has 0 bridgehead atoms. The first kappa shape index (κ1) is 22.4. The van der Waals surface area contributed by atoms with E-state index >= 15 is 0 Å². The molecule has 1 amide bonds. The van der Waals surface area contributed by atoms with Crippen molar-refractivity contribution in [3.8, 4) is 0 Å². The van der Waals surface area contributed by atoms with Crippen LogP contribution < -0.4 is 5.32 Å². The van der Waals surface area contributed by atoms with E-state index in [1.165, 1.54) is 4.31 Å². The van der Waals surface area contributed by atoms with Gasteiger partial charge in [0.05, 0.1) is 34.8 Å². The van der Waals surface area contributed by atoms with Crippen molar-refractivity contribution in [1.82, 2.24) is 24.3 Å². The average Bonchev–Trinajstić information content (AvgIpc) is 3.29. The molecule has 172 valence electrons. The van der Waals surface area contributed by atoms with E-state index in [4.69, 9.17) is 9.26 Å². The van der Waals surface area contributed by atoms with Crippen molar-refractivity contribution in [2.75, 3.05) is 26.3 Å². The van der Waals surface area contributed by atoms with Crippen LogP contribution in [0.5, 0.6) is 0 Å². The minimum atomic E-state index is -3.59. The van der Waals surface area contributed by atoms with Crippen LogP contribution in [-0.4, -0.2) is 59.6 Å². The molecule has 0 radical (unpaired) electrons. The fourth-order valence-corrected chi connectivity index (χ4v) is 5.23. The number of amides is 1. The average molecular weight is 462 g/mol. The summed E-state index contributed by atoms with van der Waals surface area (Å²) < 4.78 is 39.5. The molecule has 4 rings (SSSR count). The Bertz CT molecular complexity index is 1220. The molecule has 1 aromatic carbocycles. The van der Waals surface area contributed by atoms with Gasteiger partial charge in [0.2, 0.25) is 15.9 Å². The smallest absolute Gasteiger partial charge is 0.243 e. The lowest BCUT2D eigenvalue weighted by Gasteiger charge is -2.26. The summed E-state index contributed by atoms with van der Waals surface area (Å²) in [5.74, 6) is 1.31. The van der Waals surface area contributed by atoms with Crippen molar-refractivity contribution >= 4 is 27.0 Å². The fourth-order valence-electron chi connectivity index (χ4n) is 3.80. The lowest BCUT2D eigenvalue weighted by Crippen LogP contribution is -2.40. The zero-order chi connectivity index (χ0) is 22.9. The van der Waals surface area contributed by atoms with Crippen LogP contribution in [0.15, 0.2) is 27.6 Å². The maximum absolute atomic E-state index is 12.9. The van der Waals surface area contributed by atoms with Gasteiger partial charge in [0, 0.05) is 45.1 Å². The highest BCUT2D eigenvalue weighted by Gasteiger charge is 2.27. The summed E-state index contributed by atoms with van der Waals surface area (Å²) in [5.41, 5.74) is 3.06. The van der Waals surface area contributed by atoms with E-state index in [1.54, 1.807) is 18.2 Å². The number of hydrogen-bond acceptors (Lipinski definition) is 7. The van der Waals surface area contributed by atoms with Crippen LogP contribution in [0.2, 0.25) is 0 Å². The number of nitrogens with zero attached hydrogens (tertiary/aromatic N) is 4.